The second-order valence-electron chi connectivity index (χ2n) is 10.1. The van der Waals surface area contributed by atoms with Gasteiger partial charge in [0.1, 0.15) is 6.04 Å². The predicted octanol–water partition coefficient (Wildman–Crippen LogP) is 5.56. The first-order valence-corrected chi connectivity index (χ1v) is 15.5. The number of benzene rings is 4. The van der Waals surface area contributed by atoms with Crippen molar-refractivity contribution in [3.63, 3.8) is 0 Å². The van der Waals surface area contributed by atoms with Crippen molar-refractivity contribution in [2.75, 3.05) is 17.4 Å². The number of nitrogens with one attached hydrogen (secondary N) is 1. The molecular weight excluding hydrogens is 558 g/mol. The number of sulfonamides is 1. The molecule has 0 bridgehead atoms. The molecule has 0 radical (unpaired) electrons. The van der Waals surface area contributed by atoms with Crippen LogP contribution in [0.4, 0.5) is 5.69 Å². The second kappa shape index (κ2) is 12.3. The van der Waals surface area contributed by atoms with E-state index in [0.717, 1.165) is 16.5 Å². The molecule has 41 heavy (non-hydrogen) atoms. The number of anilines is 1. The molecule has 5 rings (SSSR count). The maximum Gasteiger partial charge on any atom is 0.265 e. The van der Waals surface area contributed by atoms with Gasteiger partial charge in [0.15, 0.2) is 0 Å². The summed E-state index contributed by atoms with van der Waals surface area (Å²) >= 11 is 6.24. The van der Waals surface area contributed by atoms with Crippen LogP contribution in [0.2, 0.25) is 5.02 Å². The van der Waals surface area contributed by atoms with Gasteiger partial charge in [-0.1, -0.05) is 78.3 Å². The number of halogens is 1. The van der Waals surface area contributed by atoms with Gasteiger partial charge in [-0.05, 0) is 54.1 Å². The lowest BCUT2D eigenvalue weighted by molar-refractivity contribution is -0.141. The number of carbonyl (C=O) groups excluding carboxylic acids is 2. The molecule has 1 aliphatic rings. The van der Waals surface area contributed by atoms with Gasteiger partial charge in [0.05, 0.1) is 10.6 Å². The first kappa shape index (κ1) is 28.6. The highest BCUT2D eigenvalue weighted by atomic mass is 35.5. The molecule has 0 saturated carbocycles. The van der Waals surface area contributed by atoms with Crippen molar-refractivity contribution in [3.05, 3.63) is 107 Å². The van der Waals surface area contributed by atoms with Crippen LogP contribution in [-0.4, -0.2) is 44.3 Å². The van der Waals surface area contributed by atoms with E-state index in [1.165, 1.54) is 4.31 Å². The molecule has 1 unspecified atom stereocenters. The molecule has 7 nitrogen and oxygen atoms in total. The van der Waals surface area contributed by atoms with Gasteiger partial charge in [-0.3, -0.25) is 13.9 Å². The maximum atomic E-state index is 13.9. The summed E-state index contributed by atoms with van der Waals surface area (Å²) in [6.07, 6.45) is 0.711. The smallest absolute Gasteiger partial charge is 0.265 e. The molecule has 0 fully saturated rings. The number of hydrogen-bond acceptors (Lipinski definition) is 4. The van der Waals surface area contributed by atoms with Crippen molar-refractivity contribution >= 4 is 49.9 Å². The van der Waals surface area contributed by atoms with E-state index in [4.69, 9.17) is 11.6 Å². The zero-order valence-corrected chi connectivity index (χ0v) is 24.4. The molecule has 1 atom stereocenters. The van der Waals surface area contributed by atoms with Crippen molar-refractivity contribution < 1.29 is 18.0 Å². The summed E-state index contributed by atoms with van der Waals surface area (Å²) in [4.78, 5) is 29.1. The Morgan fingerprint density at radius 3 is 2.37 bits per heavy atom. The lowest BCUT2D eigenvalue weighted by atomic mass is 10.0. The van der Waals surface area contributed by atoms with Gasteiger partial charge in [0.2, 0.25) is 11.8 Å². The minimum atomic E-state index is -3.72. The van der Waals surface area contributed by atoms with Gasteiger partial charge in [-0.2, -0.15) is 0 Å². The third-order valence-corrected chi connectivity index (χ3v) is 9.39. The third-order valence-electron chi connectivity index (χ3n) is 7.30. The van der Waals surface area contributed by atoms with Crippen LogP contribution in [-0.2, 0) is 32.6 Å². The minimum absolute atomic E-state index is 0.0730. The number of carbonyl (C=O) groups is 2. The van der Waals surface area contributed by atoms with E-state index in [0.29, 0.717) is 40.4 Å². The second-order valence-corrected chi connectivity index (χ2v) is 12.3. The topological polar surface area (TPSA) is 86.8 Å². The lowest BCUT2D eigenvalue weighted by Crippen LogP contribution is -2.50. The maximum absolute atomic E-state index is 13.9. The Kier molecular flexibility index (Phi) is 8.61. The first-order valence-electron chi connectivity index (χ1n) is 13.7. The molecule has 9 heteroatoms. The van der Waals surface area contributed by atoms with E-state index in [1.54, 1.807) is 35.2 Å². The summed E-state index contributed by atoms with van der Waals surface area (Å²) in [5.74, 6) is -0.472. The highest BCUT2D eigenvalue weighted by Gasteiger charge is 2.36. The zero-order valence-electron chi connectivity index (χ0n) is 22.8. The number of nitrogens with zero attached hydrogens (tertiary/aromatic N) is 2. The summed E-state index contributed by atoms with van der Waals surface area (Å²) in [6, 6.07) is 26.9. The average molecular weight is 590 g/mol. The SMILES string of the molecule is CCNC(=O)C(Cc1ccccc1)N(Cc1cccc(Cl)c1)C(=O)CCCN1c2cccc3cccc(c23)S1(=O)=O. The molecule has 1 N–H and O–H groups in total. The van der Waals surface area contributed by atoms with Crippen LogP contribution in [0.5, 0.6) is 0 Å². The standard InChI is InChI=1S/C32H32ClN3O4S/c1-2-34-32(38)28(21-23-10-4-3-5-11-23)35(22-24-12-6-15-26(33)20-24)30(37)18-9-19-36-27-16-7-13-25-14-8-17-29(31(25)27)41(36,39)40/h3-8,10-17,20,28H,2,9,18-19,21-22H2,1H3,(H,34,38). The van der Waals surface area contributed by atoms with Crippen LogP contribution < -0.4 is 9.62 Å². The number of rotatable bonds is 11. The van der Waals surface area contributed by atoms with E-state index >= 15 is 0 Å². The Morgan fingerprint density at radius 1 is 0.927 bits per heavy atom. The van der Waals surface area contributed by atoms with Gasteiger partial charge in [0.25, 0.3) is 10.0 Å². The van der Waals surface area contributed by atoms with E-state index < -0.39 is 16.1 Å². The summed E-state index contributed by atoms with van der Waals surface area (Å²) < 4.78 is 28.2. The molecule has 0 aromatic heterocycles. The van der Waals surface area contributed by atoms with Gasteiger partial charge >= 0.3 is 0 Å². The van der Waals surface area contributed by atoms with Crippen LogP contribution in [0.15, 0.2) is 95.9 Å². The third kappa shape index (κ3) is 6.09. The van der Waals surface area contributed by atoms with Crippen LogP contribution in [0.1, 0.15) is 30.9 Å². The van der Waals surface area contributed by atoms with Crippen molar-refractivity contribution in [1.29, 1.82) is 0 Å². The Balaban J connectivity index is 1.39. The predicted molar refractivity (Wildman–Crippen MR) is 162 cm³/mol. The van der Waals surface area contributed by atoms with Crippen molar-refractivity contribution in [2.45, 2.75) is 43.7 Å². The van der Waals surface area contributed by atoms with E-state index in [1.807, 2.05) is 67.6 Å². The largest absolute Gasteiger partial charge is 0.355 e. The quantitative estimate of drug-likeness (QED) is 0.248. The zero-order chi connectivity index (χ0) is 29.0. The average Bonchev–Trinajstić information content (AvgIpc) is 3.18. The number of likely N-dealkylation sites (N-methyl/N-ethyl adjacent to an activating group) is 1. The number of hydrogen-bond donors (Lipinski definition) is 1. The molecule has 1 aliphatic heterocycles. The fourth-order valence-corrected chi connectivity index (χ4v) is 7.36. The first-order chi connectivity index (χ1) is 19.8. The summed E-state index contributed by atoms with van der Waals surface area (Å²) in [5, 5.41) is 5.00. The monoisotopic (exact) mass is 589 g/mol. The molecule has 212 valence electrons. The summed E-state index contributed by atoms with van der Waals surface area (Å²) in [6.45, 7) is 2.62. The van der Waals surface area contributed by atoms with Gasteiger partial charge in [-0.15, -0.1) is 0 Å². The van der Waals surface area contributed by atoms with Gasteiger partial charge < -0.3 is 10.2 Å². The Hall–Kier alpha value is -3.88. The van der Waals surface area contributed by atoms with Gasteiger partial charge in [0, 0.05) is 42.9 Å². The summed E-state index contributed by atoms with van der Waals surface area (Å²) in [5.41, 5.74) is 2.37. The minimum Gasteiger partial charge on any atom is -0.355 e. The molecule has 1 heterocycles. The van der Waals surface area contributed by atoms with Crippen LogP contribution in [0, 0.1) is 0 Å². The Labute approximate surface area is 245 Å². The fourth-order valence-electron chi connectivity index (χ4n) is 5.39. The van der Waals surface area contributed by atoms with Gasteiger partial charge in [-0.25, -0.2) is 8.42 Å². The Bertz CT molecular complexity index is 1670. The van der Waals surface area contributed by atoms with E-state index in [-0.39, 0.29) is 31.3 Å². The molecule has 2 amide bonds. The van der Waals surface area contributed by atoms with Crippen molar-refractivity contribution in [1.82, 2.24) is 10.2 Å². The van der Waals surface area contributed by atoms with Crippen LogP contribution in [0.3, 0.4) is 0 Å². The molecule has 4 aromatic rings. The number of amides is 2. The van der Waals surface area contributed by atoms with Crippen molar-refractivity contribution in [3.8, 4) is 0 Å². The molecule has 0 spiro atoms. The lowest BCUT2D eigenvalue weighted by Gasteiger charge is -2.32. The highest BCUT2D eigenvalue weighted by molar-refractivity contribution is 7.93. The normalized spacial score (nSPS) is 14.1. The molecule has 0 aliphatic carbocycles. The van der Waals surface area contributed by atoms with Crippen molar-refractivity contribution in [2.24, 2.45) is 0 Å². The molecular formula is C32H32ClN3O4S. The molecule has 0 saturated heterocycles. The van der Waals surface area contributed by atoms with E-state index in [2.05, 4.69) is 5.32 Å². The summed E-state index contributed by atoms with van der Waals surface area (Å²) in [7, 11) is -3.72. The van der Waals surface area contributed by atoms with Crippen LogP contribution in [0.25, 0.3) is 10.8 Å². The van der Waals surface area contributed by atoms with Crippen LogP contribution >= 0.6 is 11.6 Å². The van der Waals surface area contributed by atoms with E-state index in [9.17, 15) is 18.0 Å². The Morgan fingerprint density at radius 2 is 1.63 bits per heavy atom. The highest BCUT2D eigenvalue weighted by Crippen LogP contribution is 2.42. The molecule has 4 aromatic carbocycles. The fraction of sp³-hybridized carbons (Fsp3) is 0.250.